The van der Waals surface area contributed by atoms with Gasteiger partial charge in [0.05, 0.1) is 6.26 Å². The van der Waals surface area contributed by atoms with Gasteiger partial charge in [0.15, 0.2) is 5.76 Å². The Balaban J connectivity index is 2.11. The summed E-state index contributed by atoms with van der Waals surface area (Å²) in [5, 5.41) is 0. The number of hydrogen-bond donors (Lipinski definition) is 0. The van der Waals surface area contributed by atoms with E-state index < -0.39 is 0 Å². The van der Waals surface area contributed by atoms with Crippen LogP contribution < -0.4 is 0 Å². The van der Waals surface area contributed by atoms with Gasteiger partial charge in [0.25, 0.3) is 5.91 Å². The van der Waals surface area contributed by atoms with E-state index in [0.29, 0.717) is 12.3 Å². The first-order valence-electron chi connectivity index (χ1n) is 5.62. The average molecular weight is 247 g/mol. The lowest BCUT2D eigenvalue weighted by Gasteiger charge is -2.16. The van der Waals surface area contributed by atoms with Crippen LogP contribution in [0.15, 0.2) is 41.0 Å². The number of amides is 1. The first-order valence-corrected chi connectivity index (χ1v) is 5.62. The monoisotopic (exact) mass is 247 g/mol. The topological polar surface area (TPSA) is 33.5 Å². The molecule has 18 heavy (non-hydrogen) atoms. The summed E-state index contributed by atoms with van der Waals surface area (Å²) in [5.41, 5.74) is 1.54. The number of benzene rings is 1. The smallest absolute Gasteiger partial charge is 0.289 e. The van der Waals surface area contributed by atoms with Crippen LogP contribution in [-0.4, -0.2) is 17.9 Å². The van der Waals surface area contributed by atoms with Crippen molar-refractivity contribution in [1.29, 1.82) is 0 Å². The molecule has 0 spiro atoms. The lowest BCUT2D eigenvalue weighted by Crippen LogP contribution is -2.26. The number of furan rings is 1. The molecule has 2 aromatic rings. The molecule has 0 unspecified atom stereocenters. The normalized spacial score (nSPS) is 10.4. The van der Waals surface area contributed by atoms with E-state index in [4.69, 9.17) is 4.42 Å². The Morgan fingerprint density at radius 3 is 2.78 bits per heavy atom. The number of carbonyl (C=O) groups is 1. The van der Waals surface area contributed by atoms with E-state index in [9.17, 15) is 9.18 Å². The van der Waals surface area contributed by atoms with Crippen LogP contribution in [0.4, 0.5) is 4.39 Å². The first-order chi connectivity index (χ1) is 8.58. The lowest BCUT2D eigenvalue weighted by atomic mass is 10.2. The Bertz CT molecular complexity index is 562. The van der Waals surface area contributed by atoms with Crippen molar-refractivity contribution in [3.63, 3.8) is 0 Å². The predicted molar refractivity (Wildman–Crippen MR) is 65.6 cm³/mol. The minimum Gasteiger partial charge on any atom is -0.459 e. The fraction of sp³-hybridized carbons (Fsp3) is 0.214. The van der Waals surface area contributed by atoms with Gasteiger partial charge >= 0.3 is 0 Å². The molecule has 0 atom stereocenters. The molecule has 4 heteroatoms. The fourth-order valence-electron chi connectivity index (χ4n) is 1.75. The molecular weight excluding hydrogens is 233 g/mol. The summed E-state index contributed by atoms with van der Waals surface area (Å²) in [7, 11) is 1.66. The Morgan fingerprint density at radius 1 is 1.39 bits per heavy atom. The van der Waals surface area contributed by atoms with E-state index in [-0.39, 0.29) is 11.7 Å². The summed E-state index contributed by atoms with van der Waals surface area (Å²) in [6, 6.07) is 7.94. The number of rotatable bonds is 3. The molecule has 0 aliphatic heterocycles. The largest absolute Gasteiger partial charge is 0.459 e. The number of nitrogens with zero attached hydrogens (tertiary/aromatic N) is 1. The number of carbonyl (C=O) groups excluding carboxylic acids is 1. The molecule has 0 fully saturated rings. The van der Waals surface area contributed by atoms with Crippen LogP contribution >= 0.6 is 0 Å². The second-order valence-electron chi connectivity index (χ2n) is 4.22. The summed E-state index contributed by atoms with van der Waals surface area (Å²) in [4.78, 5) is 13.6. The van der Waals surface area contributed by atoms with Crippen molar-refractivity contribution in [2.45, 2.75) is 13.5 Å². The maximum Gasteiger partial charge on any atom is 0.289 e. The Morgan fingerprint density at radius 2 is 2.17 bits per heavy atom. The van der Waals surface area contributed by atoms with Gasteiger partial charge in [-0.25, -0.2) is 4.39 Å². The van der Waals surface area contributed by atoms with Crippen LogP contribution in [0.2, 0.25) is 0 Å². The van der Waals surface area contributed by atoms with Crippen molar-refractivity contribution < 1.29 is 13.6 Å². The third-order valence-electron chi connectivity index (χ3n) is 2.71. The highest BCUT2D eigenvalue weighted by Gasteiger charge is 2.17. The van der Waals surface area contributed by atoms with Crippen LogP contribution in [0, 0.1) is 12.7 Å². The average Bonchev–Trinajstić information content (AvgIpc) is 2.74. The third kappa shape index (κ3) is 2.59. The van der Waals surface area contributed by atoms with Gasteiger partial charge in [-0.15, -0.1) is 0 Å². The highest BCUT2D eigenvalue weighted by molar-refractivity contribution is 5.92. The van der Waals surface area contributed by atoms with Gasteiger partial charge in [0.1, 0.15) is 5.82 Å². The zero-order valence-corrected chi connectivity index (χ0v) is 10.3. The highest BCUT2D eigenvalue weighted by atomic mass is 19.1. The minimum atomic E-state index is -0.303. The zero-order valence-electron chi connectivity index (χ0n) is 10.3. The molecule has 0 aliphatic rings. The summed E-state index contributed by atoms with van der Waals surface area (Å²) in [5.74, 6) is -0.182. The number of halogens is 1. The standard InChI is InChI=1S/C14H14FNO2/c1-10-6-7-18-13(10)14(17)16(2)9-11-4-3-5-12(15)8-11/h3-8H,9H2,1-2H3. The summed E-state index contributed by atoms with van der Waals surface area (Å²) < 4.78 is 18.2. The second-order valence-corrected chi connectivity index (χ2v) is 4.22. The molecule has 3 nitrogen and oxygen atoms in total. The maximum absolute atomic E-state index is 13.0. The molecule has 94 valence electrons. The Kier molecular flexibility index (Phi) is 3.46. The van der Waals surface area contributed by atoms with E-state index in [1.54, 1.807) is 25.2 Å². The van der Waals surface area contributed by atoms with Crippen molar-refractivity contribution in [1.82, 2.24) is 4.90 Å². The maximum atomic E-state index is 13.0. The molecule has 0 saturated carbocycles. The van der Waals surface area contributed by atoms with Crippen LogP contribution in [0.25, 0.3) is 0 Å². The molecule has 0 N–H and O–H groups in total. The van der Waals surface area contributed by atoms with Crippen molar-refractivity contribution in [2.75, 3.05) is 7.05 Å². The third-order valence-corrected chi connectivity index (χ3v) is 2.71. The molecule has 0 radical (unpaired) electrons. The summed E-state index contributed by atoms with van der Waals surface area (Å²) in [6.45, 7) is 2.16. The van der Waals surface area contributed by atoms with Gasteiger partial charge in [0.2, 0.25) is 0 Å². The predicted octanol–water partition coefficient (Wildman–Crippen LogP) is 3.00. The minimum absolute atomic E-state index is 0.207. The van der Waals surface area contributed by atoms with E-state index in [0.717, 1.165) is 11.1 Å². The molecule has 1 amide bonds. The van der Waals surface area contributed by atoms with Crippen LogP contribution in [0.1, 0.15) is 21.7 Å². The first kappa shape index (κ1) is 12.4. The molecule has 1 heterocycles. The Labute approximate surface area is 105 Å². The van der Waals surface area contributed by atoms with Crippen LogP contribution in [-0.2, 0) is 6.54 Å². The van der Waals surface area contributed by atoms with Crippen molar-refractivity contribution >= 4 is 5.91 Å². The lowest BCUT2D eigenvalue weighted by molar-refractivity contribution is 0.0752. The van der Waals surface area contributed by atoms with Crippen LogP contribution in [0.3, 0.4) is 0 Å². The van der Waals surface area contributed by atoms with Crippen molar-refractivity contribution in [2.24, 2.45) is 0 Å². The second kappa shape index (κ2) is 5.04. The van der Waals surface area contributed by atoms with Gasteiger partial charge in [-0.05, 0) is 30.7 Å². The molecule has 1 aromatic carbocycles. The molecule has 0 bridgehead atoms. The zero-order chi connectivity index (χ0) is 13.1. The van der Waals surface area contributed by atoms with E-state index in [1.165, 1.54) is 23.3 Å². The molecule has 2 rings (SSSR count). The summed E-state index contributed by atoms with van der Waals surface area (Å²) in [6.07, 6.45) is 1.48. The fourth-order valence-corrected chi connectivity index (χ4v) is 1.75. The molecule has 1 aromatic heterocycles. The van der Waals surface area contributed by atoms with Crippen molar-refractivity contribution in [3.8, 4) is 0 Å². The SMILES string of the molecule is Cc1ccoc1C(=O)N(C)Cc1cccc(F)c1. The van der Waals surface area contributed by atoms with Gasteiger partial charge < -0.3 is 9.32 Å². The van der Waals surface area contributed by atoms with Crippen LogP contribution in [0.5, 0.6) is 0 Å². The van der Waals surface area contributed by atoms with Crippen molar-refractivity contribution in [3.05, 3.63) is 59.3 Å². The Hall–Kier alpha value is -2.10. The summed E-state index contributed by atoms with van der Waals surface area (Å²) >= 11 is 0. The molecule has 0 saturated heterocycles. The quantitative estimate of drug-likeness (QED) is 0.835. The van der Waals surface area contributed by atoms with Gasteiger partial charge in [-0.2, -0.15) is 0 Å². The van der Waals surface area contributed by atoms with Gasteiger partial charge in [0, 0.05) is 19.2 Å². The number of hydrogen-bond acceptors (Lipinski definition) is 2. The number of aryl methyl sites for hydroxylation is 1. The van der Waals surface area contributed by atoms with E-state index >= 15 is 0 Å². The van der Waals surface area contributed by atoms with Gasteiger partial charge in [-0.1, -0.05) is 12.1 Å². The van der Waals surface area contributed by atoms with E-state index in [2.05, 4.69) is 0 Å². The molecule has 0 aliphatic carbocycles. The molecular formula is C14H14FNO2. The van der Waals surface area contributed by atoms with E-state index in [1.807, 2.05) is 6.92 Å². The van der Waals surface area contributed by atoms with Gasteiger partial charge in [-0.3, -0.25) is 4.79 Å². The highest BCUT2D eigenvalue weighted by Crippen LogP contribution is 2.13.